The minimum absolute atomic E-state index is 0.464. The van der Waals surface area contributed by atoms with Crippen LogP contribution in [0.2, 0.25) is 0 Å². The number of rotatable bonds is 8. The Bertz CT molecular complexity index is 2620. The van der Waals surface area contributed by atoms with Gasteiger partial charge in [0, 0.05) is 68.8 Å². The van der Waals surface area contributed by atoms with Crippen LogP contribution in [0.25, 0.3) is 46.4 Å². The largest absolute Gasteiger partial charge is 0.355 e. The van der Waals surface area contributed by atoms with E-state index in [0.29, 0.717) is 18.0 Å². The highest BCUT2D eigenvalue weighted by Crippen LogP contribution is 2.42. The van der Waals surface area contributed by atoms with E-state index in [0.717, 1.165) is 63.1 Å². The average molecular weight is 787 g/mol. The molecule has 8 heterocycles. The summed E-state index contributed by atoms with van der Waals surface area (Å²) in [6.07, 6.45) is 7.40. The third-order valence-corrected chi connectivity index (χ3v) is 14.9. The molecule has 1 fully saturated rings. The first-order chi connectivity index (χ1) is 26.4. The van der Waals surface area contributed by atoms with Crippen LogP contribution in [0.4, 0.5) is 22.7 Å². The molecule has 3 unspecified atom stereocenters. The van der Waals surface area contributed by atoms with Crippen LogP contribution in [0.15, 0.2) is 90.2 Å². The smallest absolute Gasteiger partial charge is 0.125 e. The maximum Gasteiger partial charge on any atom is 0.125 e. The highest BCUT2D eigenvalue weighted by molar-refractivity contribution is 7.20. The molecule has 0 bridgehead atoms. The Morgan fingerprint density at radius 3 is 1.91 bits per heavy atom. The lowest BCUT2D eigenvalue weighted by molar-refractivity contribution is 0.274. The summed E-state index contributed by atoms with van der Waals surface area (Å²) in [5.41, 5.74) is 11.6. The van der Waals surface area contributed by atoms with E-state index in [1.54, 1.807) is 34.0 Å². The first-order valence-electron chi connectivity index (χ1n) is 18.6. The molecule has 0 amide bonds. The van der Waals surface area contributed by atoms with Gasteiger partial charge < -0.3 is 15.5 Å². The van der Waals surface area contributed by atoms with Crippen molar-refractivity contribution >= 4 is 115 Å². The van der Waals surface area contributed by atoms with Crippen molar-refractivity contribution in [3.05, 3.63) is 99.9 Å². The van der Waals surface area contributed by atoms with Crippen LogP contribution < -0.4 is 10.6 Å². The van der Waals surface area contributed by atoms with Crippen LogP contribution in [-0.4, -0.2) is 68.0 Å². The van der Waals surface area contributed by atoms with E-state index >= 15 is 0 Å². The van der Waals surface area contributed by atoms with Crippen LogP contribution in [0.1, 0.15) is 49.8 Å². The van der Waals surface area contributed by atoms with Crippen molar-refractivity contribution in [2.24, 2.45) is 0 Å². The number of fused-ring (bicyclic) bond motifs is 4. The third-order valence-electron chi connectivity index (χ3n) is 11.0. The fourth-order valence-corrected chi connectivity index (χ4v) is 11.6. The molecule has 0 saturated carbocycles. The third kappa shape index (κ3) is 6.80. The summed E-state index contributed by atoms with van der Waals surface area (Å²) in [6.45, 7) is 13.6. The highest BCUT2D eigenvalue weighted by Gasteiger charge is 2.32. The number of aromatic nitrogens is 4. The summed E-state index contributed by atoms with van der Waals surface area (Å²) < 4.78 is 2.43. The number of hydrogen-bond donors (Lipinski definition) is 2. The molecule has 10 rings (SSSR count). The van der Waals surface area contributed by atoms with Gasteiger partial charge in [-0.15, -0.1) is 45.3 Å². The van der Waals surface area contributed by atoms with Crippen molar-refractivity contribution in [3.8, 4) is 0 Å². The van der Waals surface area contributed by atoms with Crippen LogP contribution in [-0.2, 0) is 0 Å². The van der Waals surface area contributed by atoms with E-state index < -0.39 is 0 Å². The van der Waals surface area contributed by atoms with Gasteiger partial charge in [-0.2, -0.15) is 0 Å². The van der Waals surface area contributed by atoms with E-state index in [1.165, 1.54) is 48.5 Å². The Hall–Kier alpha value is -4.30. The molecule has 0 aliphatic carbocycles. The predicted octanol–water partition coefficient (Wildman–Crippen LogP) is 11.6. The number of anilines is 4. The van der Waals surface area contributed by atoms with E-state index in [1.807, 2.05) is 34.8 Å². The fraction of sp³-hybridized carbons (Fsp3) is 0.286. The van der Waals surface area contributed by atoms with Gasteiger partial charge in [-0.3, -0.25) is 4.90 Å². The molecule has 1 saturated heterocycles. The molecule has 8 nitrogen and oxygen atoms in total. The molecule has 6 aromatic heterocycles. The maximum absolute atomic E-state index is 4.64. The van der Waals surface area contributed by atoms with Crippen molar-refractivity contribution in [1.82, 2.24) is 29.7 Å². The minimum Gasteiger partial charge on any atom is -0.355 e. The second-order valence-corrected chi connectivity index (χ2v) is 17.8. The number of nitrogens with zero attached hydrogens (tertiary/aromatic N) is 6. The number of likely N-dealkylation sites (N-methyl/N-ethyl adjacent to an activating group) is 2. The molecular formula is C42H42N8S4. The van der Waals surface area contributed by atoms with Crippen molar-refractivity contribution in [2.75, 3.05) is 36.8 Å². The molecule has 2 aromatic carbocycles. The normalized spacial score (nSPS) is 19.2. The first-order valence-corrected chi connectivity index (χ1v) is 22.0. The van der Waals surface area contributed by atoms with Crippen molar-refractivity contribution in [2.45, 2.75) is 52.1 Å². The molecule has 2 aliphatic rings. The zero-order valence-electron chi connectivity index (χ0n) is 30.7. The Labute approximate surface area is 331 Å². The zero-order valence-corrected chi connectivity index (χ0v) is 34.0. The summed E-state index contributed by atoms with van der Waals surface area (Å²) in [4.78, 5) is 28.1. The van der Waals surface area contributed by atoms with Gasteiger partial charge in [0.15, 0.2) is 0 Å². The molecule has 3 atom stereocenters. The van der Waals surface area contributed by atoms with Crippen molar-refractivity contribution < 1.29 is 0 Å². The standard InChI is InChI=1S/C21H22N4S2.C21H20N4S2/c2*1-3-25-9-7-15(13(25)2)20-11-16-17(6-8-22-21(16)27-20)24-14-4-5-19-18(10-14)23-12-26-19/h4-6,8,10-13,15H,3,7,9H2,1-2H3,(H,22,24);4-8,10-13H,3,9H2,1-2H3,(H,22,24). The lowest BCUT2D eigenvalue weighted by Crippen LogP contribution is -2.28. The average Bonchev–Trinajstić information content (AvgIpc) is 4.04. The second-order valence-electron chi connectivity index (χ2n) is 13.9. The Morgan fingerprint density at radius 1 is 0.704 bits per heavy atom. The van der Waals surface area contributed by atoms with E-state index in [2.05, 4.69) is 135 Å². The number of pyridine rings is 2. The van der Waals surface area contributed by atoms with Gasteiger partial charge >= 0.3 is 0 Å². The van der Waals surface area contributed by atoms with Crippen molar-refractivity contribution in [1.29, 1.82) is 0 Å². The summed E-state index contributed by atoms with van der Waals surface area (Å²) >= 11 is 6.97. The molecule has 0 spiro atoms. The highest BCUT2D eigenvalue weighted by atomic mass is 32.1. The van der Waals surface area contributed by atoms with Gasteiger partial charge in [-0.05, 0) is 106 Å². The van der Waals surface area contributed by atoms with Crippen LogP contribution in [0.5, 0.6) is 0 Å². The van der Waals surface area contributed by atoms with Gasteiger partial charge in [-0.1, -0.05) is 19.9 Å². The molecule has 12 heteroatoms. The van der Waals surface area contributed by atoms with Gasteiger partial charge in [0.1, 0.15) is 9.66 Å². The molecule has 2 aliphatic heterocycles. The lowest BCUT2D eigenvalue weighted by Gasteiger charge is -2.22. The summed E-state index contributed by atoms with van der Waals surface area (Å²) in [6, 6.07) is 22.5. The predicted molar refractivity (Wildman–Crippen MR) is 234 cm³/mol. The Balaban J connectivity index is 0.000000142. The molecule has 274 valence electrons. The number of thiazole rings is 2. The fourth-order valence-electron chi connectivity index (χ4n) is 7.90. The quantitative estimate of drug-likeness (QED) is 0.158. The lowest BCUT2D eigenvalue weighted by atomic mass is 9.99. The Morgan fingerprint density at radius 2 is 1.31 bits per heavy atom. The Kier molecular flexibility index (Phi) is 9.89. The van der Waals surface area contributed by atoms with E-state index in [-0.39, 0.29) is 0 Å². The van der Waals surface area contributed by atoms with Gasteiger partial charge in [0.25, 0.3) is 0 Å². The number of likely N-dealkylation sites (tertiary alicyclic amines) is 1. The minimum atomic E-state index is 0.464. The number of benzene rings is 2. The van der Waals surface area contributed by atoms with Crippen LogP contribution >= 0.6 is 45.3 Å². The SMILES string of the molecule is CCN1CC=C(c2cc3c(Nc4ccc5scnc5c4)ccnc3s2)C1C.CCN1CCC(c2cc3c(Nc4ccc5scnc5c4)ccnc3s2)C1C. The monoisotopic (exact) mass is 786 g/mol. The zero-order chi connectivity index (χ0) is 36.8. The molecule has 54 heavy (non-hydrogen) atoms. The molecule has 0 radical (unpaired) electrons. The van der Waals surface area contributed by atoms with Crippen molar-refractivity contribution in [3.63, 3.8) is 0 Å². The summed E-state index contributed by atoms with van der Waals surface area (Å²) in [5.74, 6) is 0.614. The molecule has 8 aromatic rings. The second kappa shape index (κ2) is 15.1. The number of thiophene rings is 2. The van der Waals surface area contributed by atoms with Gasteiger partial charge in [0.2, 0.25) is 0 Å². The molecule has 2 N–H and O–H groups in total. The van der Waals surface area contributed by atoms with Crippen LogP contribution in [0.3, 0.4) is 0 Å². The summed E-state index contributed by atoms with van der Waals surface area (Å²) in [5, 5.41) is 9.55. The summed E-state index contributed by atoms with van der Waals surface area (Å²) in [7, 11) is 0. The van der Waals surface area contributed by atoms with Crippen LogP contribution in [0, 0.1) is 0 Å². The molecular weight excluding hydrogens is 745 g/mol. The number of hydrogen-bond acceptors (Lipinski definition) is 12. The van der Waals surface area contributed by atoms with Gasteiger partial charge in [-0.25, -0.2) is 19.9 Å². The van der Waals surface area contributed by atoms with E-state index in [9.17, 15) is 0 Å². The topological polar surface area (TPSA) is 82.1 Å². The number of nitrogens with one attached hydrogen (secondary N) is 2. The van der Waals surface area contributed by atoms with E-state index in [4.69, 9.17) is 0 Å². The maximum atomic E-state index is 4.64. The van der Waals surface area contributed by atoms with Gasteiger partial charge in [0.05, 0.1) is 42.8 Å². The first kappa shape index (κ1) is 35.4.